The van der Waals surface area contributed by atoms with Crippen LogP contribution in [-0.4, -0.2) is 29.8 Å². The van der Waals surface area contributed by atoms with Crippen molar-refractivity contribution in [2.45, 2.75) is 31.3 Å². The molecule has 1 unspecified atom stereocenters. The predicted octanol–water partition coefficient (Wildman–Crippen LogP) is 1.94. The van der Waals surface area contributed by atoms with Crippen molar-refractivity contribution in [2.24, 2.45) is 0 Å². The molecule has 0 heterocycles. The molecule has 1 aromatic carbocycles. The number of rotatable bonds is 7. The van der Waals surface area contributed by atoms with E-state index in [9.17, 15) is 13.6 Å². The number of carboxylic acid groups (broad SMARTS) is 1. The van der Waals surface area contributed by atoms with Crippen molar-refractivity contribution in [1.29, 1.82) is 0 Å². The molecular formula is C13H15F2NO3. The summed E-state index contributed by atoms with van der Waals surface area (Å²) in [5.74, 6) is -2.66. The minimum absolute atomic E-state index is 0.127. The zero-order chi connectivity index (χ0) is 13.8. The number of nitrogens with one attached hydrogen (secondary N) is 1. The Hall–Kier alpha value is -1.69. The average molecular weight is 271 g/mol. The first kappa shape index (κ1) is 13.7. The third-order valence-electron chi connectivity index (χ3n) is 2.88. The minimum Gasteiger partial charge on any atom is -0.493 e. The predicted molar refractivity (Wildman–Crippen MR) is 64.1 cm³/mol. The van der Waals surface area contributed by atoms with Gasteiger partial charge < -0.3 is 15.2 Å². The van der Waals surface area contributed by atoms with E-state index in [0.29, 0.717) is 0 Å². The van der Waals surface area contributed by atoms with Crippen LogP contribution in [0.5, 0.6) is 5.75 Å². The van der Waals surface area contributed by atoms with Crippen LogP contribution in [-0.2, 0) is 4.79 Å². The van der Waals surface area contributed by atoms with E-state index in [1.807, 2.05) is 0 Å². The molecule has 104 valence electrons. The molecule has 0 amide bonds. The quantitative estimate of drug-likeness (QED) is 0.795. The van der Waals surface area contributed by atoms with Crippen LogP contribution in [0.4, 0.5) is 8.78 Å². The van der Waals surface area contributed by atoms with Gasteiger partial charge in [0.25, 0.3) is 0 Å². The highest BCUT2D eigenvalue weighted by Gasteiger charge is 2.27. The normalized spacial score (nSPS) is 16.1. The zero-order valence-electron chi connectivity index (χ0n) is 10.2. The second-order valence-corrected chi connectivity index (χ2v) is 4.54. The summed E-state index contributed by atoms with van der Waals surface area (Å²) in [5.41, 5.74) is 0. The summed E-state index contributed by atoms with van der Waals surface area (Å²) >= 11 is 0. The van der Waals surface area contributed by atoms with Gasteiger partial charge in [-0.05, 0) is 25.0 Å². The second-order valence-electron chi connectivity index (χ2n) is 4.54. The zero-order valence-corrected chi connectivity index (χ0v) is 10.2. The fourth-order valence-electron chi connectivity index (χ4n) is 1.67. The molecule has 1 fully saturated rings. The fraction of sp³-hybridized carbons (Fsp3) is 0.462. The fourth-order valence-corrected chi connectivity index (χ4v) is 1.67. The lowest BCUT2D eigenvalue weighted by atomic mass is 10.2. The number of aliphatic carboxylic acids is 1. The highest BCUT2D eigenvalue weighted by atomic mass is 19.2. The van der Waals surface area contributed by atoms with Gasteiger partial charge in [0.05, 0.1) is 6.61 Å². The van der Waals surface area contributed by atoms with Crippen LogP contribution in [0.2, 0.25) is 0 Å². The van der Waals surface area contributed by atoms with Gasteiger partial charge in [-0.2, -0.15) is 0 Å². The second kappa shape index (κ2) is 5.97. The van der Waals surface area contributed by atoms with Gasteiger partial charge in [0.2, 0.25) is 0 Å². The molecule has 0 aromatic heterocycles. The Morgan fingerprint density at radius 1 is 1.42 bits per heavy atom. The molecule has 4 nitrogen and oxygen atoms in total. The largest absolute Gasteiger partial charge is 0.493 e. The Morgan fingerprint density at radius 2 is 2.16 bits per heavy atom. The van der Waals surface area contributed by atoms with Crippen molar-refractivity contribution in [2.75, 3.05) is 6.61 Å². The van der Waals surface area contributed by atoms with Crippen LogP contribution in [0, 0.1) is 11.6 Å². The third kappa shape index (κ3) is 4.17. The van der Waals surface area contributed by atoms with E-state index in [0.717, 1.165) is 25.0 Å². The van der Waals surface area contributed by atoms with Gasteiger partial charge in [-0.3, -0.25) is 4.79 Å². The lowest BCUT2D eigenvalue weighted by Crippen LogP contribution is -2.39. The van der Waals surface area contributed by atoms with Gasteiger partial charge in [-0.25, -0.2) is 8.78 Å². The van der Waals surface area contributed by atoms with E-state index in [1.54, 1.807) is 0 Å². The summed E-state index contributed by atoms with van der Waals surface area (Å²) in [6.45, 7) is 0.127. The molecule has 0 radical (unpaired) electrons. The van der Waals surface area contributed by atoms with Gasteiger partial charge >= 0.3 is 5.97 Å². The molecule has 1 atom stereocenters. The van der Waals surface area contributed by atoms with E-state index in [2.05, 4.69) is 5.32 Å². The Balaban J connectivity index is 1.80. The summed E-state index contributed by atoms with van der Waals surface area (Å²) in [4.78, 5) is 11.0. The van der Waals surface area contributed by atoms with Gasteiger partial charge in [-0.1, -0.05) is 0 Å². The highest BCUT2D eigenvalue weighted by Crippen LogP contribution is 2.20. The molecule has 1 aromatic rings. The van der Waals surface area contributed by atoms with Crippen LogP contribution >= 0.6 is 0 Å². The smallest absolute Gasteiger partial charge is 0.320 e. The molecule has 1 aliphatic carbocycles. The van der Waals surface area contributed by atoms with E-state index in [4.69, 9.17) is 9.84 Å². The molecule has 1 aliphatic rings. The van der Waals surface area contributed by atoms with E-state index in [-0.39, 0.29) is 24.8 Å². The van der Waals surface area contributed by atoms with Gasteiger partial charge in [-0.15, -0.1) is 0 Å². The van der Waals surface area contributed by atoms with Crippen molar-refractivity contribution in [1.82, 2.24) is 5.32 Å². The van der Waals surface area contributed by atoms with Gasteiger partial charge in [0.15, 0.2) is 11.6 Å². The molecule has 2 rings (SSSR count). The number of carbonyl (C=O) groups is 1. The standard InChI is InChI=1S/C13H15F2NO3/c14-10-4-3-9(7-11(10)15)19-6-5-12(13(17)18)16-8-1-2-8/h3-4,7-8,12,16H,1-2,5-6H2,(H,17,18). The average Bonchev–Trinajstić information content (AvgIpc) is 3.16. The van der Waals surface area contributed by atoms with Crippen LogP contribution in [0.1, 0.15) is 19.3 Å². The summed E-state index contributed by atoms with van der Waals surface area (Å²) < 4.78 is 30.8. The molecule has 0 saturated heterocycles. The van der Waals surface area contributed by atoms with E-state index in [1.165, 1.54) is 6.07 Å². The van der Waals surface area contributed by atoms with E-state index >= 15 is 0 Å². The molecular weight excluding hydrogens is 256 g/mol. The number of benzene rings is 1. The molecule has 2 N–H and O–H groups in total. The SMILES string of the molecule is O=C(O)C(CCOc1ccc(F)c(F)c1)NC1CC1. The lowest BCUT2D eigenvalue weighted by Gasteiger charge is -2.14. The first-order chi connectivity index (χ1) is 9.06. The monoisotopic (exact) mass is 271 g/mol. The summed E-state index contributed by atoms with van der Waals surface area (Å²) in [5, 5.41) is 12.0. The molecule has 6 heteroatoms. The van der Waals surface area contributed by atoms with Crippen molar-refractivity contribution in [3.63, 3.8) is 0 Å². The number of halogens is 2. The van der Waals surface area contributed by atoms with Crippen molar-refractivity contribution < 1.29 is 23.4 Å². The Labute approximate surface area is 109 Å². The van der Waals surface area contributed by atoms with Crippen LogP contribution < -0.4 is 10.1 Å². The summed E-state index contributed by atoms with van der Waals surface area (Å²) in [7, 11) is 0. The minimum atomic E-state index is -0.983. The number of carboxylic acids is 1. The Morgan fingerprint density at radius 3 is 2.74 bits per heavy atom. The van der Waals surface area contributed by atoms with Gasteiger partial charge in [0, 0.05) is 18.5 Å². The summed E-state index contributed by atoms with van der Waals surface area (Å²) in [6.07, 6.45) is 2.26. The number of ether oxygens (including phenoxy) is 1. The Bertz CT molecular complexity index is 463. The number of hydrogen-bond acceptors (Lipinski definition) is 3. The molecule has 0 aliphatic heterocycles. The highest BCUT2D eigenvalue weighted by molar-refractivity contribution is 5.73. The Kier molecular flexibility index (Phi) is 4.31. The van der Waals surface area contributed by atoms with E-state index < -0.39 is 23.6 Å². The van der Waals surface area contributed by atoms with Crippen molar-refractivity contribution >= 4 is 5.97 Å². The lowest BCUT2D eigenvalue weighted by molar-refractivity contribution is -0.139. The van der Waals surface area contributed by atoms with Crippen molar-refractivity contribution in [3.8, 4) is 5.75 Å². The molecule has 1 saturated carbocycles. The summed E-state index contributed by atoms with van der Waals surface area (Å²) in [6, 6.07) is 2.84. The molecule has 0 bridgehead atoms. The first-order valence-corrected chi connectivity index (χ1v) is 6.13. The van der Waals surface area contributed by atoms with Crippen LogP contribution in [0.3, 0.4) is 0 Å². The molecule has 0 spiro atoms. The first-order valence-electron chi connectivity index (χ1n) is 6.13. The van der Waals surface area contributed by atoms with Crippen LogP contribution in [0.25, 0.3) is 0 Å². The van der Waals surface area contributed by atoms with Crippen LogP contribution in [0.15, 0.2) is 18.2 Å². The maximum atomic E-state index is 12.9. The topological polar surface area (TPSA) is 58.6 Å². The molecule has 19 heavy (non-hydrogen) atoms. The van der Waals surface area contributed by atoms with Crippen molar-refractivity contribution in [3.05, 3.63) is 29.8 Å². The van der Waals surface area contributed by atoms with Gasteiger partial charge in [0.1, 0.15) is 11.8 Å². The number of hydrogen-bond donors (Lipinski definition) is 2. The third-order valence-corrected chi connectivity index (χ3v) is 2.88. The maximum Gasteiger partial charge on any atom is 0.320 e. The maximum absolute atomic E-state index is 12.9.